The van der Waals surface area contributed by atoms with E-state index in [2.05, 4.69) is 0 Å². The van der Waals surface area contributed by atoms with Gasteiger partial charge in [-0.2, -0.15) is 0 Å². The van der Waals surface area contributed by atoms with Gasteiger partial charge in [-0.1, -0.05) is 18.2 Å². The fraction of sp³-hybridized carbons (Fsp3) is 0.455. The van der Waals surface area contributed by atoms with Crippen molar-refractivity contribution in [1.29, 1.82) is 0 Å². The van der Waals surface area contributed by atoms with Gasteiger partial charge in [-0.15, -0.1) is 0 Å². The first-order chi connectivity index (χ1) is 7.17. The predicted octanol–water partition coefficient (Wildman–Crippen LogP) is 2.54. The van der Waals surface area contributed by atoms with Gasteiger partial charge in [-0.3, -0.25) is 4.57 Å². The van der Waals surface area contributed by atoms with Crippen molar-refractivity contribution >= 4 is 7.60 Å². The summed E-state index contributed by atoms with van der Waals surface area (Å²) < 4.78 is 16.6. The van der Waals surface area contributed by atoms with E-state index in [1.807, 2.05) is 20.8 Å². The first kappa shape index (κ1) is 13.2. The highest BCUT2D eigenvalue weighted by molar-refractivity contribution is 7.50. The summed E-state index contributed by atoms with van der Waals surface area (Å²) in [4.78, 5) is 17.9. The molecule has 5 heteroatoms. The number of para-hydroxylation sites is 1. The SMILES string of the molecule is CC(C)(C)Oc1ccccc1CP(=O)(O)O. The summed E-state index contributed by atoms with van der Waals surface area (Å²) in [5.74, 6) is 0.526. The van der Waals surface area contributed by atoms with Crippen molar-refractivity contribution in [3.63, 3.8) is 0 Å². The van der Waals surface area contributed by atoms with E-state index in [4.69, 9.17) is 14.5 Å². The molecule has 1 aromatic rings. The number of ether oxygens (including phenoxy) is 1. The van der Waals surface area contributed by atoms with Crippen molar-refractivity contribution in [2.75, 3.05) is 0 Å². The molecule has 1 aromatic carbocycles. The molecule has 0 unspecified atom stereocenters. The van der Waals surface area contributed by atoms with Gasteiger partial charge in [-0.05, 0) is 26.8 Å². The average molecular weight is 244 g/mol. The predicted molar refractivity (Wildman–Crippen MR) is 62.6 cm³/mol. The third-order valence-electron chi connectivity index (χ3n) is 1.77. The topological polar surface area (TPSA) is 66.8 Å². The molecular weight excluding hydrogens is 227 g/mol. The Morgan fingerprint density at radius 3 is 2.31 bits per heavy atom. The van der Waals surface area contributed by atoms with Gasteiger partial charge in [0.15, 0.2) is 0 Å². The lowest BCUT2D eigenvalue weighted by Gasteiger charge is -2.23. The normalized spacial score (nSPS) is 12.6. The van der Waals surface area contributed by atoms with Gasteiger partial charge in [0, 0.05) is 5.56 Å². The van der Waals surface area contributed by atoms with E-state index in [1.54, 1.807) is 24.3 Å². The van der Waals surface area contributed by atoms with E-state index in [0.717, 1.165) is 0 Å². The van der Waals surface area contributed by atoms with Crippen LogP contribution >= 0.6 is 7.60 Å². The van der Waals surface area contributed by atoms with Crippen LogP contribution in [0.15, 0.2) is 24.3 Å². The highest BCUT2D eigenvalue weighted by Crippen LogP contribution is 2.41. The Morgan fingerprint density at radius 1 is 1.25 bits per heavy atom. The Kier molecular flexibility index (Phi) is 3.79. The third kappa shape index (κ3) is 4.79. The molecule has 16 heavy (non-hydrogen) atoms. The lowest BCUT2D eigenvalue weighted by molar-refractivity contribution is 0.129. The molecule has 4 nitrogen and oxygen atoms in total. The standard InChI is InChI=1S/C11H17O4P/c1-11(2,3)15-10-7-5-4-6-9(10)8-16(12,13)14/h4-7H,8H2,1-3H3,(H2,12,13,14). The number of rotatable bonds is 3. The zero-order valence-corrected chi connectivity index (χ0v) is 10.6. The zero-order valence-electron chi connectivity index (χ0n) is 9.67. The van der Waals surface area contributed by atoms with E-state index in [9.17, 15) is 4.57 Å². The van der Waals surface area contributed by atoms with Crippen LogP contribution in [0, 0.1) is 0 Å². The summed E-state index contributed by atoms with van der Waals surface area (Å²) in [6.45, 7) is 5.67. The maximum atomic E-state index is 11.0. The summed E-state index contributed by atoms with van der Waals surface area (Å²) in [6, 6.07) is 6.90. The van der Waals surface area contributed by atoms with Crippen LogP contribution in [0.5, 0.6) is 5.75 Å². The van der Waals surface area contributed by atoms with Crippen molar-refractivity contribution in [1.82, 2.24) is 0 Å². The fourth-order valence-electron chi connectivity index (χ4n) is 1.29. The van der Waals surface area contributed by atoms with Crippen molar-refractivity contribution in [3.05, 3.63) is 29.8 Å². The van der Waals surface area contributed by atoms with Gasteiger partial charge >= 0.3 is 7.60 Å². The minimum atomic E-state index is -4.06. The Morgan fingerprint density at radius 2 is 1.81 bits per heavy atom. The molecule has 0 saturated heterocycles. The number of hydrogen-bond acceptors (Lipinski definition) is 2. The fourth-order valence-corrected chi connectivity index (χ4v) is 1.99. The van der Waals surface area contributed by atoms with Crippen LogP contribution in [0.4, 0.5) is 0 Å². The molecule has 0 amide bonds. The lowest BCUT2D eigenvalue weighted by Crippen LogP contribution is -2.23. The Hall–Kier alpha value is -0.830. The third-order valence-corrected chi connectivity index (χ3v) is 2.52. The summed E-state index contributed by atoms with van der Waals surface area (Å²) in [6.07, 6.45) is -0.292. The minimum absolute atomic E-state index is 0.292. The highest BCUT2D eigenvalue weighted by atomic mass is 31.2. The van der Waals surface area contributed by atoms with Crippen molar-refractivity contribution < 1.29 is 19.1 Å². The van der Waals surface area contributed by atoms with Gasteiger partial charge in [0.05, 0.1) is 6.16 Å². The summed E-state index contributed by atoms with van der Waals surface area (Å²) in [5.41, 5.74) is 0.149. The number of hydrogen-bond donors (Lipinski definition) is 2. The first-order valence-corrected chi connectivity index (χ1v) is 6.79. The average Bonchev–Trinajstić information content (AvgIpc) is 2.03. The van der Waals surface area contributed by atoms with E-state index in [1.165, 1.54) is 0 Å². The molecule has 2 N–H and O–H groups in total. The Labute approximate surface area is 95.4 Å². The Bertz CT molecular complexity index is 403. The van der Waals surface area contributed by atoms with E-state index < -0.39 is 7.60 Å². The van der Waals surface area contributed by atoms with Gasteiger partial charge < -0.3 is 14.5 Å². The lowest BCUT2D eigenvalue weighted by atomic mass is 10.1. The summed E-state index contributed by atoms with van der Waals surface area (Å²) in [5, 5.41) is 0. The molecule has 1 rings (SSSR count). The largest absolute Gasteiger partial charge is 0.488 e. The number of benzene rings is 1. The zero-order chi connectivity index (χ0) is 12.4. The minimum Gasteiger partial charge on any atom is -0.488 e. The molecule has 0 saturated carbocycles. The molecule has 0 fully saturated rings. The van der Waals surface area contributed by atoms with Crippen LogP contribution in [0.3, 0.4) is 0 Å². The second kappa shape index (κ2) is 4.58. The first-order valence-electron chi connectivity index (χ1n) is 4.99. The van der Waals surface area contributed by atoms with Crippen LogP contribution in [-0.2, 0) is 10.7 Å². The molecular formula is C11H17O4P. The molecule has 0 aliphatic heterocycles. The van der Waals surface area contributed by atoms with Gasteiger partial charge in [-0.25, -0.2) is 0 Å². The second-order valence-electron chi connectivity index (χ2n) is 4.64. The van der Waals surface area contributed by atoms with E-state index in [0.29, 0.717) is 11.3 Å². The van der Waals surface area contributed by atoms with Crippen molar-refractivity contribution in [2.45, 2.75) is 32.5 Å². The van der Waals surface area contributed by atoms with Gasteiger partial charge in [0.25, 0.3) is 0 Å². The second-order valence-corrected chi connectivity index (χ2v) is 6.29. The van der Waals surface area contributed by atoms with Crippen molar-refractivity contribution in [2.24, 2.45) is 0 Å². The van der Waals surface area contributed by atoms with Gasteiger partial charge in [0.1, 0.15) is 11.4 Å². The molecule has 0 aliphatic rings. The monoisotopic (exact) mass is 244 g/mol. The van der Waals surface area contributed by atoms with Crippen LogP contribution < -0.4 is 4.74 Å². The van der Waals surface area contributed by atoms with Crippen LogP contribution in [0.25, 0.3) is 0 Å². The molecule has 0 bridgehead atoms. The molecule has 0 atom stereocenters. The van der Waals surface area contributed by atoms with Crippen LogP contribution in [-0.4, -0.2) is 15.4 Å². The van der Waals surface area contributed by atoms with Crippen LogP contribution in [0.1, 0.15) is 26.3 Å². The highest BCUT2D eigenvalue weighted by Gasteiger charge is 2.19. The molecule has 0 aromatic heterocycles. The maximum absolute atomic E-state index is 11.0. The summed E-state index contributed by atoms with van der Waals surface area (Å²) >= 11 is 0. The smallest absolute Gasteiger partial charge is 0.330 e. The van der Waals surface area contributed by atoms with Crippen molar-refractivity contribution in [3.8, 4) is 5.75 Å². The van der Waals surface area contributed by atoms with E-state index in [-0.39, 0.29) is 11.8 Å². The molecule has 90 valence electrons. The molecule has 0 radical (unpaired) electrons. The van der Waals surface area contributed by atoms with Gasteiger partial charge in [0.2, 0.25) is 0 Å². The van der Waals surface area contributed by atoms with E-state index >= 15 is 0 Å². The molecule has 0 spiro atoms. The van der Waals surface area contributed by atoms with Crippen LogP contribution in [0.2, 0.25) is 0 Å². The maximum Gasteiger partial charge on any atom is 0.330 e. The Balaban J connectivity index is 2.97. The molecule has 0 aliphatic carbocycles. The quantitative estimate of drug-likeness (QED) is 0.802. The molecule has 0 heterocycles. The summed E-state index contributed by atoms with van der Waals surface area (Å²) in [7, 11) is -4.06.